The second-order valence-corrected chi connectivity index (χ2v) is 9.95. The highest BCUT2D eigenvalue weighted by molar-refractivity contribution is 7.46. The minimum atomic E-state index is -4.74. The lowest BCUT2D eigenvalue weighted by Crippen LogP contribution is -2.36. The molecule has 2 aromatic heterocycles. The molecule has 0 saturated carbocycles. The van der Waals surface area contributed by atoms with Gasteiger partial charge in [-0.15, -0.1) is 5.10 Å². The molecule has 1 amide bonds. The second kappa shape index (κ2) is 13.7. The molecule has 3 aromatic rings. The van der Waals surface area contributed by atoms with Crippen molar-refractivity contribution in [3.63, 3.8) is 0 Å². The van der Waals surface area contributed by atoms with Crippen LogP contribution in [0.15, 0.2) is 55.0 Å². The maximum absolute atomic E-state index is 12.9. The molecule has 11 heteroatoms. The van der Waals surface area contributed by atoms with Gasteiger partial charge in [-0.05, 0) is 23.5 Å². The van der Waals surface area contributed by atoms with Gasteiger partial charge in [-0.3, -0.25) is 14.3 Å². The molecule has 2 heterocycles. The lowest BCUT2D eigenvalue weighted by atomic mass is 10.1. The summed E-state index contributed by atoms with van der Waals surface area (Å²) in [6, 6.07) is 10.7. The molecule has 0 spiro atoms. The average Bonchev–Trinajstić information content (AvgIpc) is 3.21. The monoisotopic (exact) mass is 513 g/mol. The number of aryl methyl sites for hydroxylation is 1. The van der Waals surface area contributed by atoms with Gasteiger partial charge in [0.1, 0.15) is 0 Å². The van der Waals surface area contributed by atoms with E-state index in [0.717, 1.165) is 11.5 Å². The SMILES string of the molecule is CC(C)C.CN(CC(Cc1ccccc1)OP(=O)(O)O)C(=O)c1cncc(C#Cc2cnn(C)n2)c1. The maximum atomic E-state index is 12.9. The molecule has 0 saturated heterocycles. The summed E-state index contributed by atoms with van der Waals surface area (Å²) < 4.78 is 16.4. The van der Waals surface area contributed by atoms with E-state index in [-0.39, 0.29) is 24.4 Å². The Morgan fingerprint density at radius 2 is 1.81 bits per heavy atom. The van der Waals surface area contributed by atoms with E-state index >= 15 is 0 Å². The smallest absolute Gasteiger partial charge is 0.339 e. The van der Waals surface area contributed by atoms with E-state index in [1.807, 2.05) is 30.3 Å². The van der Waals surface area contributed by atoms with Crippen LogP contribution in [-0.2, 0) is 22.6 Å². The number of carbonyl (C=O) groups is 1. The Morgan fingerprint density at radius 1 is 1.14 bits per heavy atom. The highest BCUT2D eigenvalue weighted by atomic mass is 31.2. The van der Waals surface area contributed by atoms with E-state index in [2.05, 4.69) is 47.8 Å². The number of carbonyl (C=O) groups excluding carboxylic acids is 1. The van der Waals surface area contributed by atoms with Gasteiger partial charge in [0.15, 0.2) is 5.69 Å². The van der Waals surface area contributed by atoms with Gasteiger partial charge in [0.05, 0.1) is 17.9 Å². The van der Waals surface area contributed by atoms with E-state index in [9.17, 15) is 19.1 Å². The third-order valence-corrected chi connectivity index (χ3v) is 4.91. The van der Waals surface area contributed by atoms with Gasteiger partial charge in [0, 0.05) is 45.0 Å². The lowest BCUT2D eigenvalue weighted by Gasteiger charge is -2.25. The fourth-order valence-electron chi connectivity index (χ4n) is 2.98. The third kappa shape index (κ3) is 10.9. The van der Waals surface area contributed by atoms with Crippen LogP contribution in [-0.4, -0.2) is 60.3 Å². The van der Waals surface area contributed by atoms with Crippen molar-refractivity contribution in [1.82, 2.24) is 24.9 Å². The van der Waals surface area contributed by atoms with Crippen molar-refractivity contribution in [3.8, 4) is 11.8 Å². The predicted octanol–water partition coefficient (Wildman–Crippen LogP) is 3.06. The average molecular weight is 514 g/mol. The Bertz CT molecular complexity index is 1230. The fourth-order valence-corrected chi connectivity index (χ4v) is 3.51. The van der Waals surface area contributed by atoms with Crippen molar-refractivity contribution in [2.75, 3.05) is 13.6 Å². The Kier molecular flexibility index (Phi) is 11.0. The minimum absolute atomic E-state index is 0.0334. The van der Waals surface area contributed by atoms with Crippen molar-refractivity contribution in [2.24, 2.45) is 13.0 Å². The first kappa shape index (κ1) is 28.9. The van der Waals surface area contributed by atoms with Crippen molar-refractivity contribution < 1.29 is 23.7 Å². The molecule has 1 aromatic carbocycles. The van der Waals surface area contributed by atoms with Crippen molar-refractivity contribution in [1.29, 1.82) is 0 Å². The zero-order chi connectivity index (χ0) is 26.7. The van der Waals surface area contributed by atoms with Crippen LogP contribution in [0.1, 0.15) is 48.0 Å². The van der Waals surface area contributed by atoms with Crippen LogP contribution in [0.3, 0.4) is 0 Å². The minimum Gasteiger partial charge on any atom is -0.339 e. The molecule has 36 heavy (non-hydrogen) atoms. The van der Waals surface area contributed by atoms with Gasteiger partial charge in [-0.25, -0.2) is 4.57 Å². The number of hydrogen-bond donors (Lipinski definition) is 2. The normalized spacial score (nSPS) is 11.7. The molecule has 1 unspecified atom stereocenters. The number of nitrogens with zero attached hydrogens (tertiary/aromatic N) is 5. The lowest BCUT2D eigenvalue weighted by molar-refractivity contribution is 0.0655. The van der Waals surface area contributed by atoms with Crippen molar-refractivity contribution >= 4 is 13.7 Å². The number of benzene rings is 1. The van der Waals surface area contributed by atoms with Crippen LogP contribution >= 0.6 is 7.82 Å². The van der Waals surface area contributed by atoms with Gasteiger partial charge < -0.3 is 14.7 Å². The summed E-state index contributed by atoms with van der Waals surface area (Å²) in [5.74, 6) is 6.18. The Hall–Kier alpha value is -3.35. The summed E-state index contributed by atoms with van der Waals surface area (Å²) in [6.07, 6.45) is 3.78. The largest absolute Gasteiger partial charge is 0.469 e. The van der Waals surface area contributed by atoms with Crippen LogP contribution in [0, 0.1) is 17.8 Å². The Labute approximate surface area is 211 Å². The summed E-state index contributed by atoms with van der Waals surface area (Å²) in [4.78, 5) is 38.2. The molecule has 10 nitrogen and oxygen atoms in total. The first-order chi connectivity index (χ1) is 16.9. The van der Waals surface area contributed by atoms with E-state index in [4.69, 9.17) is 4.52 Å². The molecule has 192 valence electrons. The first-order valence-corrected chi connectivity index (χ1v) is 12.8. The molecule has 2 N–H and O–H groups in total. The molecule has 0 radical (unpaired) electrons. The van der Waals surface area contributed by atoms with Crippen LogP contribution in [0.25, 0.3) is 0 Å². The van der Waals surface area contributed by atoms with E-state index in [1.165, 1.54) is 35.3 Å². The Balaban J connectivity index is 0.00000106. The van der Waals surface area contributed by atoms with Crippen LogP contribution in [0.2, 0.25) is 0 Å². The summed E-state index contributed by atoms with van der Waals surface area (Å²) >= 11 is 0. The van der Waals surface area contributed by atoms with Gasteiger partial charge >= 0.3 is 7.82 Å². The number of rotatable bonds is 7. The maximum Gasteiger partial charge on any atom is 0.469 e. The number of likely N-dealkylation sites (N-methyl/N-ethyl adjacent to an activating group) is 1. The van der Waals surface area contributed by atoms with E-state index in [0.29, 0.717) is 11.3 Å². The number of hydrogen-bond acceptors (Lipinski definition) is 6. The zero-order valence-corrected chi connectivity index (χ0v) is 22.0. The number of phosphoric ester groups is 1. The van der Waals surface area contributed by atoms with Crippen molar-refractivity contribution in [3.05, 3.63) is 77.4 Å². The first-order valence-electron chi connectivity index (χ1n) is 11.3. The Morgan fingerprint density at radius 3 is 2.39 bits per heavy atom. The summed E-state index contributed by atoms with van der Waals surface area (Å²) in [6.45, 7) is 6.47. The number of phosphoric acid groups is 1. The fraction of sp³-hybridized carbons (Fsp3) is 0.360. The summed E-state index contributed by atoms with van der Waals surface area (Å²) in [5, 5.41) is 8.01. The number of aromatic nitrogens is 4. The standard InChI is InChI=1S/C21H22N5O5P.C4H10/c1-25(15-20(31-32(28,29)30)11-16-6-4-3-5-7-16)21(27)18-10-17(12-22-13-18)8-9-19-14-23-26(2)24-19;1-4(2)3/h3-7,10,12-14,20H,11,15H2,1-2H3,(H2,28,29,30);4H,1-3H3. The van der Waals surface area contributed by atoms with E-state index in [1.54, 1.807) is 13.1 Å². The molecular formula is C25H32N5O5P. The van der Waals surface area contributed by atoms with Gasteiger partial charge in [-0.2, -0.15) is 9.90 Å². The van der Waals surface area contributed by atoms with Gasteiger partial charge in [-0.1, -0.05) is 57.0 Å². The van der Waals surface area contributed by atoms with Crippen LogP contribution < -0.4 is 0 Å². The number of pyridine rings is 1. The molecule has 0 aliphatic rings. The number of amides is 1. The zero-order valence-electron chi connectivity index (χ0n) is 21.1. The highest BCUT2D eigenvalue weighted by Gasteiger charge is 2.25. The molecule has 0 aliphatic carbocycles. The summed E-state index contributed by atoms with van der Waals surface area (Å²) in [5.41, 5.74) is 2.12. The van der Waals surface area contributed by atoms with Crippen LogP contribution in [0.4, 0.5) is 0 Å². The quantitative estimate of drug-likeness (QED) is 0.364. The van der Waals surface area contributed by atoms with Crippen molar-refractivity contribution in [2.45, 2.75) is 33.3 Å². The highest BCUT2D eigenvalue weighted by Crippen LogP contribution is 2.38. The topological polar surface area (TPSA) is 131 Å². The molecule has 0 aliphatic heterocycles. The summed E-state index contributed by atoms with van der Waals surface area (Å²) in [7, 11) is -1.53. The molecule has 1 atom stereocenters. The predicted molar refractivity (Wildman–Crippen MR) is 136 cm³/mol. The second-order valence-electron chi connectivity index (χ2n) is 8.76. The van der Waals surface area contributed by atoms with E-state index < -0.39 is 13.9 Å². The van der Waals surface area contributed by atoms with Gasteiger partial charge in [0.2, 0.25) is 0 Å². The van der Waals surface area contributed by atoms with Gasteiger partial charge in [0.25, 0.3) is 5.91 Å². The van der Waals surface area contributed by atoms with Crippen LogP contribution in [0.5, 0.6) is 0 Å². The molecule has 0 bridgehead atoms. The molecule has 0 fully saturated rings. The third-order valence-electron chi connectivity index (χ3n) is 4.34. The molecule has 3 rings (SSSR count). The molecular weight excluding hydrogens is 481 g/mol.